The van der Waals surface area contributed by atoms with Gasteiger partial charge in [-0.25, -0.2) is 0 Å². The second-order valence-electron chi connectivity index (χ2n) is 9.58. The van der Waals surface area contributed by atoms with Gasteiger partial charge in [0, 0.05) is 48.8 Å². The van der Waals surface area contributed by atoms with Crippen LogP contribution in [0.1, 0.15) is 62.5 Å². The Morgan fingerprint density at radius 1 is 0.447 bits per heavy atom. The van der Waals surface area contributed by atoms with Gasteiger partial charge in [-0.15, -0.1) is 0 Å². The van der Waals surface area contributed by atoms with Crippen LogP contribution in [-0.2, 0) is 13.1 Å². The van der Waals surface area contributed by atoms with E-state index in [2.05, 4.69) is 21.3 Å². The van der Waals surface area contributed by atoms with E-state index in [0.717, 1.165) is 63.5 Å². The normalized spacial score (nSPS) is 11.3. The smallest absolute Gasteiger partial charge is 0.120 e. The standard InChI is InChI=1S/C30H50N4O2S2/c35-29-15-7-5-13-27(29)25-33-19-11-3-1-9-17-31-21-23-37-38-24-22-32-18-10-2-4-12-20-34-26-28-14-6-8-16-30(28)36/h5-8,13-16,31-36H,1-4,9-12,17-26H2. The first-order valence-electron chi connectivity index (χ1n) is 14.4. The Labute approximate surface area is 238 Å². The van der Waals surface area contributed by atoms with Gasteiger partial charge in [0.1, 0.15) is 11.5 Å². The van der Waals surface area contributed by atoms with Crippen molar-refractivity contribution < 1.29 is 10.2 Å². The van der Waals surface area contributed by atoms with Crippen LogP contribution in [0, 0.1) is 0 Å². The molecule has 0 fully saturated rings. The largest absolute Gasteiger partial charge is 0.508 e. The van der Waals surface area contributed by atoms with Gasteiger partial charge in [0.2, 0.25) is 0 Å². The molecule has 0 aliphatic heterocycles. The van der Waals surface area contributed by atoms with Crippen LogP contribution in [-0.4, -0.2) is 61.0 Å². The monoisotopic (exact) mass is 562 g/mol. The third-order valence-corrected chi connectivity index (χ3v) is 8.74. The molecule has 38 heavy (non-hydrogen) atoms. The summed E-state index contributed by atoms with van der Waals surface area (Å²) >= 11 is 0. The minimum absolute atomic E-state index is 0.379. The van der Waals surface area contributed by atoms with E-state index in [0.29, 0.717) is 11.5 Å². The Hall–Kier alpha value is -1.42. The zero-order valence-electron chi connectivity index (χ0n) is 23.1. The van der Waals surface area contributed by atoms with Crippen LogP contribution >= 0.6 is 21.6 Å². The van der Waals surface area contributed by atoms with E-state index >= 15 is 0 Å². The van der Waals surface area contributed by atoms with Gasteiger partial charge in [-0.1, -0.05) is 83.7 Å². The summed E-state index contributed by atoms with van der Waals surface area (Å²) in [6.07, 6.45) is 9.92. The lowest BCUT2D eigenvalue weighted by Gasteiger charge is -2.08. The maximum absolute atomic E-state index is 9.76. The van der Waals surface area contributed by atoms with Crippen LogP contribution in [0.3, 0.4) is 0 Å². The maximum Gasteiger partial charge on any atom is 0.120 e. The molecule has 0 heterocycles. The minimum Gasteiger partial charge on any atom is -0.508 e. The summed E-state index contributed by atoms with van der Waals surface area (Å²) in [5.74, 6) is 3.09. The molecule has 0 saturated heterocycles. The fourth-order valence-electron chi connectivity index (χ4n) is 4.07. The van der Waals surface area contributed by atoms with Crippen molar-refractivity contribution >= 4 is 21.6 Å². The molecule has 6 nitrogen and oxygen atoms in total. The zero-order valence-corrected chi connectivity index (χ0v) is 24.7. The van der Waals surface area contributed by atoms with Crippen molar-refractivity contribution in [3.8, 4) is 11.5 Å². The average Bonchev–Trinajstić information content (AvgIpc) is 2.93. The fraction of sp³-hybridized carbons (Fsp3) is 0.600. The number of benzene rings is 2. The molecular formula is C30H50N4O2S2. The van der Waals surface area contributed by atoms with E-state index in [1.165, 1.54) is 62.9 Å². The molecular weight excluding hydrogens is 512 g/mol. The van der Waals surface area contributed by atoms with Crippen molar-refractivity contribution in [2.24, 2.45) is 0 Å². The molecule has 0 spiro atoms. The Kier molecular flexibility index (Phi) is 20.2. The van der Waals surface area contributed by atoms with Gasteiger partial charge < -0.3 is 31.5 Å². The summed E-state index contributed by atoms with van der Waals surface area (Å²) in [5, 5.41) is 33.5. The van der Waals surface area contributed by atoms with Crippen molar-refractivity contribution in [3.05, 3.63) is 59.7 Å². The molecule has 2 aromatic carbocycles. The Morgan fingerprint density at radius 2 is 0.816 bits per heavy atom. The molecule has 0 aliphatic rings. The number of unbranched alkanes of at least 4 members (excludes halogenated alkanes) is 6. The molecule has 0 aromatic heterocycles. The van der Waals surface area contributed by atoms with Crippen LogP contribution in [0.4, 0.5) is 0 Å². The topological polar surface area (TPSA) is 88.6 Å². The SMILES string of the molecule is Oc1ccccc1CNCCCCCCNCCSSCCNCCCCCCNCc1ccccc1O. The van der Waals surface area contributed by atoms with Crippen LogP contribution in [0.5, 0.6) is 11.5 Å². The van der Waals surface area contributed by atoms with E-state index in [4.69, 9.17) is 0 Å². The number of phenols is 2. The van der Waals surface area contributed by atoms with Crippen molar-refractivity contribution in [1.29, 1.82) is 0 Å². The molecule has 0 aliphatic carbocycles. The van der Waals surface area contributed by atoms with Gasteiger partial charge in [0.25, 0.3) is 0 Å². The second-order valence-corrected chi connectivity index (χ2v) is 12.3. The Morgan fingerprint density at radius 3 is 1.21 bits per heavy atom. The number of phenolic OH excluding ortho intramolecular Hbond substituents is 2. The van der Waals surface area contributed by atoms with Crippen LogP contribution in [0.15, 0.2) is 48.5 Å². The van der Waals surface area contributed by atoms with Gasteiger partial charge in [0.15, 0.2) is 0 Å². The number of aromatic hydroxyl groups is 2. The Bertz CT molecular complexity index is 761. The maximum atomic E-state index is 9.76. The number of rotatable bonds is 25. The third-order valence-electron chi connectivity index (χ3n) is 6.34. The number of hydrogen-bond acceptors (Lipinski definition) is 8. The zero-order chi connectivity index (χ0) is 26.9. The lowest BCUT2D eigenvalue weighted by atomic mass is 10.2. The highest BCUT2D eigenvalue weighted by atomic mass is 33.1. The molecule has 0 saturated carbocycles. The lowest BCUT2D eigenvalue weighted by molar-refractivity contribution is 0.463. The molecule has 0 atom stereocenters. The predicted octanol–water partition coefficient (Wildman–Crippen LogP) is 5.66. The van der Waals surface area contributed by atoms with Gasteiger partial charge in [-0.2, -0.15) is 0 Å². The summed E-state index contributed by atoms with van der Waals surface area (Å²) < 4.78 is 0. The van der Waals surface area contributed by atoms with Gasteiger partial charge in [-0.3, -0.25) is 0 Å². The number of hydrogen-bond donors (Lipinski definition) is 6. The molecule has 2 aromatic rings. The molecule has 0 amide bonds. The van der Waals surface area contributed by atoms with Crippen molar-refractivity contribution in [3.63, 3.8) is 0 Å². The molecule has 0 unspecified atom stereocenters. The number of nitrogens with one attached hydrogen (secondary N) is 4. The van der Waals surface area contributed by atoms with Crippen molar-refractivity contribution in [2.75, 3.05) is 50.8 Å². The first-order valence-corrected chi connectivity index (χ1v) is 16.9. The molecule has 6 N–H and O–H groups in total. The summed E-state index contributed by atoms with van der Waals surface area (Å²) in [4.78, 5) is 0. The molecule has 0 bridgehead atoms. The van der Waals surface area contributed by atoms with E-state index in [-0.39, 0.29) is 0 Å². The van der Waals surface area contributed by atoms with Gasteiger partial charge in [0.05, 0.1) is 0 Å². The summed E-state index contributed by atoms with van der Waals surface area (Å²) in [6.45, 7) is 7.90. The number of para-hydroxylation sites is 2. The Balaban J connectivity index is 1.20. The van der Waals surface area contributed by atoms with Crippen molar-refractivity contribution in [2.45, 2.75) is 64.5 Å². The summed E-state index contributed by atoms with van der Waals surface area (Å²) in [6, 6.07) is 15.1. The molecule has 0 radical (unpaired) electrons. The molecule has 2 rings (SSSR count). The molecule has 8 heteroatoms. The minimum atomic E-state index is 0.379. The fourth-order valence-corrected chi connectivity index (χ4v) is 5.97. The highest BCUT2D eigenvalue weighted by Crippen LogP contribution is 2.19. The van der Waals surface area contributed by atoms with Crippen LogP contribution in [0.25, 0.3) is 0 Å². The van der Waals surface area contributed by atoms with E-state index in [1.807, 2.05) is 58.0 Å². The highest BCUT2D eigenvalue weighted by molar-refractivity contribution is 8.76. The predicted molar refractivity (Wildman–Crippen MR) is 167 cm³/mol. The van der Waals surface area contributed by atoms with Crippen LogP contribution in [0.2, 0.25) is 0 Å². The molecule has 214 valence electrons. The van der Waals surface area contributed by atoms with Gasteiger partial charge in [-0.05, 0) is 64.0 Å². The summed E-state index contributed by atoms with van der Waals surface area (Å²) in [5.41, 5.74) is 1.94. The first kappa shape index (κ1) is 32.8. The first-order chi connectivity index (χ1) is 18.8. The lowest BCUT2D eigenvalue weighted by Crippen LogP contribution is -2.19. The van der Waals surface area contributed by atoms with Crippen LogP contribution < -0.4 is 21.3 Å². The summed E-state index contributed by atoms with van der Waals surface area (Å²) in [7, 11) is 3.95. The van der Waals surface area contributed by atoms with E-state index in [9.17, 15) is 10.2 Å². The van der Waals surface area contributed by atoms with Crippen molar-refractivity contribution in [1.82, 2.24) is 21.3 Å². The van der Waals surface area contributed by atoms with E-state index in [1.54, 1.807) is 12.1 Å². The third kappa shape index (κ3) is 17.2. The van der Waals surface area contributed by atoms with E-state index < -0.39 is 0 Å². The second kappa shape index (κ2) is 23.5. The average molecular weight is 563 g/mol. The highest BCUT2D eigenvalue weighted by Gasteiger charge is 2.00. The quantitative estimate of drug-likeness (QED) is 0.0683. The van der Waals surface area contributed by atoms with Gasteiger partial charge >= 0.3 is 0 Å².